The summed E-state index contributed by atoms with van der Waals surface area (Å²) in [5.41, 5.74) is -0.515. The standard InChI is InChI=1S/C12H18O3/c1-9(2)11(13)15-12(3,4)8-10-6-5-7-14-10/h5-7,9H,8H2,1-4H3. The second-order valence-corrected chi connectivity index (χ2v) is 4.59. The molecule has 0 N–H and O–H groups in total. The monoisotopic (exact) mass is 210 g/mol. The van der Waals surface area contributed by atoms with Crippen molar-refractivity contribution in [2.45, 2.75) is 39.7 Å². The summed E-state index contributed by atoms with van der Waals surface area (Å²) in [6.07, 6.45) is 2.22. The molecule has 0 spiro atoms. The summed E-state index contributed by atoms with van der Waals surface area (Å²) in [5.74, 6) is 0.559. The van der Waals surface area contributed by atoms with Crippen LogP contribution in [0.4, 0.5) is 0 Å². The second kappa shape index (κ2) is 4.51. The van der Waals surface area contributed by atoms with E-state index in [1.807, 2.05) is 39.8 Å². The van der Waals surface area contributed by atoms with Crippen molar-refractivity contribution in [2.75, 3.05) is 0 Å². The van der Waals surface area contributed by atoms with E-state index < -0.39 is 5.60 Å². The van der Waals surface area contributed by atoms with Crippen LogP contribution in [0, 0.1) is 5.92 Å². The average molecular weight is 210 g/mol. The van der Waals surface area contributed by atoms with E-state index in [1.54, 1.807) is 6.26 Å². The van der Waals surface area contributed by atoms with Gasteiger partial charge in [0, 0.05) is 6.42 Å². The molecular weight excluding hydrogens is 192 g/mol. The maximum absolute atomic E-state index is 11.4. The molecule has 3 nitrogen and oxygen atoms in total. The number of rotatable bonds is 4. The minimum absolute atomic E-state index is 0.0964. The molecule has 0 unspecified atom stereocenters. The molecule has 1 heterocycles. The maximum Gasteiger partial charge on any atom is 0.308 e. The number of hydrogen-bond donors (Lipinski definition) is 0. The summed E-state index contributed by atoms with van der Waals surface area (Å²) in [6.45, 7) is 7.42. The van der Waals surface area contributed by atoms with Crippen LogP contribution < -0.4 is 0 Å². The van der Waals surface area contributed by atoms with Crippen LogP contribution in [0.25, 0.3) is 0 Å². The van der Waals surface area contributed by atoms with Crippen LogP contribution in [0.3, 0.4) is 0 Å². The zero-order valence-electron chi connectivity index (χ0n) is 9.74. The van der Waals surface area contributed by atoms with Crippen molar-refractivity contribution in [3.63, 3.8) is 0 Å². The predicted octanol–water partition coefficient (Wildman–Crippen LogP) is 2.80. The van der Waals surface area contributed by atoms with Crippen LogP contribution in [-0.4, -0.2) is 11.6 Å². The third-order valence-corrected chi connectivity index (χ3v) is 2.03. The largest absolute Gasteiger partial charge is 0.469 e. The van der Waals surface area contributed by atoms with Crippen molar-refractivity contribution in [1.82, 2.24) is 0 Å². The average Bonchev–Trinajstić information content (AvgIpc) is 2.54. The zero-order valence-corrected chi connectivity index (χ0v) is 9.74. The number of ether oxygens (including phenoxy) is 1. The number of furan rings is 1. The van der Waals surface area contributed by atoms with Gasteiger partial charge in [-0.2, -0.15) is 0 Å². The maximum atomic E-state index is 11.4. The highest BCUT2D eigenvalue weighted by atomic mass is 16.6. The summed E-state index contributed by atoms with van der Waals surface area (Å²) in [6, 6.07) is 3.71. The van der Waals surface area contributed by atoms with Crippen molar-refractivity contribution in [1.29, 1.82) is 0 Å². The van der Waals surface area contributed by atoms with E-state index in [2.05, 4.69) is 0 Å². The Balaban J connectivity index is 2.56. The van der Waals surface area contributed by atoms with Crippen LogP contribution in [-0.2, 0) is 16.0 Å². The van der Waals surface area contributed by atoms with Crippen molar-refractivity contribution in [3.05, 3.63) is 24.2 Å². The number of hydrogen-bond acceptors (Lipinski definition) is 3. The summed E-state index contributed by atoms with van der Waals surface area (Å²) >= 11 is 0. The molecule has 15 heavy (non-hydrogen) atoms. The van der Waals surface area contributed by atoms with E-state index in [-0.39, 0.29) is 11.9 Å². The van der Waals surface area contributed by atoms with E-state index in [0.29, 0.717) is 6.42 Å². The molecule has 1 aromatic heterocycles. The molecule has 0 bridgehead atoms. The quantitative estimate of drug-likeness (QED) is 0.717. The molecule has 0 saturated carbocycles. The number of carbonyl (C=O) groups is 1. The fourth-order valence-electron chi connectivity index (χ4n) is 1.26. The number of esters is 1. The molecular formula is C12H18O3. The summed E-state index contributed by atoms with van der Waals surface area (Å²) in [4.78, 5) is 11.4. The first-order valence-electron chi connectivity index (χ1n) is 5.16. The lowest BCUT2D eigenvalue weighted by atomic mass is 10.0. The van der Waals surface area contributed by atoms with Gasteiger partial charge in [-0.1, -0.05) is 13.8 Å². The predicted molar refractivity (Wildman–Crippen MR) is 57.4 cm³/mol. The fraction of sp³-hybridized carbons (Fsp3) is 0.583. The van der Waals surface area contributed by atoms with E-state index >= 15 is 0 Å². The molecule has 1 rings (SSSR count). The molecule has 0 aromatic carbocycles. The van der Waals surface area contributed by atoms with E-state index in [4.69, 9.17) is 9.15 Å². The van der Waals surface area contributed by atoms with Gasteiger partial charge < -0.3 is 9.15 Å². The zero-order chi connectivity index (χ0) is 11.5. The van der Waals surface area contributed by atoms with Crippen LogP contribution in [0.15, 0.2) is 22.8 Å². The van der Waals surface area contributed by atoms with Crippen molar-refractivity contribution in [2.24, 2.45) is 5.92 Å². The summed E-state index contributed by atoms with van der Waals surface area (Å²) in [5, 5.41) is 0. The van der Waals surface area contributed by atoms with Crippen molar-refractivity contribution >= 4 is 5.97 Å². The minimum Gasteiger partial charge on any atom is -0.469 e. The molecule has 0 radical (unpaired) electrons. The van der Waals surface area contributed by atoms with E-state index in [9.17, 15) is 4.79 Å². The minimum atomic E-state index is -0.515. The Labute approximate surface area is 90.4 Å². The summed E-state index contributed by atoms with van der Waals surface area (Å²) < 4.78 is 10.6. The molecule has 0 amide bonds. The molecule has 84 valence electrons. The molecule has 1 aromatic rings. The van der Waals surface area contributed by atoms with Gasteiger partial charge in [-0.3, -0.25) is 4.79 Å². The first kappa shape index (κ1) is 11.8. The Morgan fingerprint density at radius 2 is 2.20 bits per heavy atom. The van der Waals surface area contributed by atoms with E-state index in [0.717, 1.165) is 5.76 Å². The van der Waals surface area contributed by atoms with Gasteiger partial charge in [0.15, 0.2) is 0 Å². The highest BCUT2D eigenvalue weighted by Gasteiger charge is 2.25. The lowest BCUT2D eigenvalue weighted by Gasteiger charge is -2.25. The van der Waals surface area contributed by atoms with Gasteiger partial charge in [-0.05, 0) is 26.0 Å². The van der Waals surface area contributed by atoms with Crippen LogP contribution in [0.5, 0.6) is 0 Å². The van der Waals surface area contributed by atoms with Gasteiger partial charge in [-0.15, -0.1) is 0 Å². The molecule has 0 atom stereocenters. The van der Waals surface area contributed by atoms with Crippen molar-refractivity contribution in [3.8, 4) is 0 Å². The van der Waals surface area contributed by atoms with Gasteiger partial charge in [0.2, 0.25) is 0 Å². The molecule has 3 heteroatoms. The Morgan fingerprint density at radius 3 is 2.67 bits per heavy atom. The summed E-state index contributed by atoms with van der Waals surface area (Å²) in [7, 11) is 0. The Morgan fingerprint density at radius 1 is 1.53 bits per heavy atom. The highest BCUT2D eigenvalue weighted by molar-refractivity contribution is 5.72. The molecule has 0 aliphatic carbocycles. The lowest BCUT2D eigenvalue weighted by Crippen LogP contribution is -2.32. The molecule has 0 aliphatic rings. The van der Waals surface area contributed by atoms with Gasteiger partial charge in [0.25, 0.3) is 0 Å². The van der Waals surface area contributed by atoms with Crippen LogP contribution >= 0.6 is 0 Å². The van der Waals surface area contributed by atoms with Crippen molar-refractivity contribution < 1.29 is 13.9 Å². The third-order valence-electron chi connectivity index (χ3n) is 2.03. The first-order valence-corrected chi connectivity index (χ1v) is 5.16. The smallest absolute Gasteiger partial charge is 0.308 e. The normalized spacial score (nSPS) is 11.8. The van der Waals surface area contributed by atoms with Gasteiger partial charge >= 0.3 is 5.97 Å². The van der Waals surface area contributed by atoms with Crippen LogP contribution in [0.1, 0.15) is 33.5 Å². The highest BCUT2D eigenvalue weighted by Crippen LogP contribution is 2.18. The molecule has 0 saturated heterocycles. The third kappa shape index (κ3) is 3.78. The van der Waals surface area contributed by atoms with Gasteiger partial charge in [0.05, 0.1) is 12.2 Å². The van der Waals surface area contributed by atoms with E-state index in [1.165, 1.54) is 0 Å². The van der Waals surface area contributed by atoms with Gasteiger partial charge in [-0.25, -0.2) is 0 Å². The first-order chi connectivity index (χ1) is 6.91. The Kier molecular flexibility index (Phi) is 3.56. The Bertz CT molecular complexity index is 310. The lowest BCUT2D eigenvalue weighted by molar-refractivity contribution is -0.160. The number of carbonyl (C=O) groups excluding carboxylic acids is 1. The second-order valence-electron chi connectivity index (χ2n) is 4.59. The fourth-order valence-corrected chi connectivity index (χ4v) is 1.26. The van der Waals surface area contributed by atoms with Gasteiger partial charge in [0.1, 0.15) is 11.4 Å². The topological polar surface area (TPSA) is 39.4 Å². The SMILES string of the molecule is CC(C)C(=O)OC(C)(C)Cc1ccco1. The van der Waals surface area contributed by atoms with Crippen LogP contribution in [0.2, 0.25) is 0 Å². The Hall–Kier alpha value is -1.25. The molecule has 0 aliphatic heterocycles. The molecule has 0 fully saturated rings.